The van der Waals surface area contributed by atoms with Crippen LogP contribution in [0, 0.1) is 0 Å². The Morgan fingerprint density at radius 1 is 1.20 bits per heavy atom. The largest absolute Gasteiger partial charge is 0.383 e. The monoisotopic (exact) mass is 218 g/mol. The minimum atomic E-state index is 0.0389. The topological polar surface area (TPSA) is 59.6 Å². The molecule has 0 bridgehead atoms. The maximum atomic E-state index is 11.2. The summed E-state index contributed by atoms with van der Waals surface area (Å²) in [7, 11) is 1.66. The third-order valence-corrected chi connectivity index (χ3v) is 1.78. The number of hydrogen-bond donors (Lipinski definition) is 2. The molecular formula is C10H22N2O3. The van der Waals surface area contributed by atoms with Gasteiger partial charge in [-0.25, -0.2) is 0 Å². The van der Waals surface area contributed by atoms with Gasteiger partial charge in [0.05, 0.1) is 13.2 Å². The van der Waals surface area contributed by atoms with Gasteiger partial charge in [-0.15, -0.1) is 0 Å². The normalized spacial score (nSPS) is 10.3. The molecule has 0 fully saturated rings. The molecule has 0 aliphatic heterocycles. The summed E-state index contributed by atoms with van der Waals surface area (Å²) < 4.78 is 9.94. The fourth-order valence-corrected chi connectivity index (χ4v) is 0.987. The molecule has 0 unspecified atom stereocenters. The van der Waals surface area contributed by atoms with Gasteiger partial charge in [0.15, 0.2) is 0 Å². The second-order valence-electron chi connectivity index (χ2n) is 3.04. The van der Waals surface area contributed by atoms with Gasteiger partial charge in [0.25, 0.3) is 0 Å². The van der Waals surface area contributed by atoms with E-state index in [2.05, 4.69) is 10.6 Å². The summed E-state index contributed by atoms with van der Waals surface area (Å²) in [6, 6.07) is 0. The summed E-state index contributed by atoms with van der Waals surface area (Å²) >= 11 is 0. The van der Waals surface area contributed by atoms with Crippen LogP contribution >= 0.6 is 0 Å². The molecule has 0 atom stereocenters. The lowest BCUT2D eigenvalue weighted by Crippen LogP contribution is -2.33. The first-order valence-corrected chi connectivity index (χ1v) is 5.35. The van der Waals surface area contributed by atoms with Crippen LogP contribution in [0.15, 0.2) is 0 Å². The van der Waals surface area contributed by atoms with E-state index >= 15 is 0 Å². The average molecular weight is 218 g/mol. The quantitative estimate of drug-likeness (QED) is 0.497. The van der Waals surface area contributed by atoms with E-state index in [1.807, 2.05) is 6.92 Å². The second kappa shape index (κ2) is 11.4. The zero-order valence-electron chi connectivity index (χ0n) is 9.67. The highest BCUT2D eigenvalue weighted by Gasteiger charge is 1.98. The Morgan fingerprint density at radius 2 is 2.00 bits per heavy atom. The zero-order chi connectivity index (χ0) is 11.4. The van der Waals surface area contributed by atoms with Gasteiger partial charge < -0.3 is 20.1 Å². The van der Waals surface area contributed by atoms with Crippen LogP contribution in [0.25, 0.3) is 0 Å². The second-order valence-corrected chi connectivity index (χ2v) is 3.04. The van der Waals surface area contributed by atoms with Crippen LogP contribution in [0.4, 0.5) is 0 Å². The first-order valence-electron chi connectivity index (χ1n) is 5.35. The van der Waals surface area contributed by atoms with Crippen LogP contribution in [0.1, 0.15) is 13.3 Å². The van der Waals surface area contributed by atoms with Crippen molar-refractivity contribution in [2.75, 3.05) is 46.6 Å². The van der Waals surface area contributed by atoms with Crippen molar-refractivity contribution in [3.8, 4) is 0 Å². The molecule has 5 heteroatoms. The van der Waals surface area contributed by atoms with Crippen molar-refractivity contribution in [1.82, 2.24) is 10.6 Å². The minimum Gasteiger partial charge on any atom is -0.383 e. The number of ether oxygens (including phenoxy) is 2. The Kier molecular flexibility index (Phi) is 10.9. The predicted molar refractivity (Wildman–Crippen MR) is 58.9 cm³/mol. The average Bonchev–Trinajstić information content (AvgIpc) is 2.23. The van der Waals surface area contributed by atoms with Crippen molar-refractivity contribution in [3.63, 3.8) is 0 Å². The number of carbonyl (C=O) groups is 1. The van der Waals surface area contributed by atoms with E-state index in [1.165, 1.54) is 0 Å². The molecule has 0 rings (SSSR count). The number of rotatable bonds is 10. The maximum absolute atomic E-state index is 11.2. The lowest BCUT2D eigenvalue weighted by Gasteiger charge is -2.06. The first-order chi connectivity index (χ1) is 7.31. The van der Waals surface area contributed by atoms with Gasteiger partial charge in [-0.3, -0.25) is 4.79 Å². The van der Waals surface area contributed by atoms with Crippen LogP contribution in [0.3, 0.4) is 0 Å². The van der Waals surface area contributed by atoms with Crippen LogP contribution in [0.2, 0.25) is 0 Å². The zero-order valence-corrected chi connectivity index (χ0v) is 9.67. The number of amides is 1. The molecule has 0 aromatic rings. The van der Waals surface area contributed by atoms with Crippen molar-refractivity contribution < 1.29 is 14.3 Å². The molecule has 0 radical (unpaired) electrons. The Labute approximate surface area is 91.5 Å². The van der Waals surface area contributed by atoms with Crippen LogP contribution in [-0.4, -0.2) is 52.5 Å². The molecule has 0 aliphatic rings. The third-order valence-electron chi connectivity index (χ3n) is 1.78. The van der Waals surface area contributed by atoms with Crippen molar-refractivity contribution in [2.45, 2.75) is 13.3 Å². The number of carbonyl (C=O) groups excluding carboxylic acids is 1. The first kappa shape index (κ1) is 14.3. The Hall–Kier alpha value is -0.650. The summed E-state index contributed by atoms with van der Waals surface area (Å²) in [4.78, 5) is 11.2. The van der Waals surface area contributed by atoms with E-state index in [0.29, 0.717) is 32.8 Å². The smallest absolute Gasteiger partial charge is 0.222 e. The van der Waals surface area contributed by atoms with Gasteiger partial charge in [-0.2, -0.15) is 0 Å². The number of hydrogen-bond acceptors (Lipinski definition) is 4. The lowest BCUT2D eigenvalue weighted by atomic mass is 10.4. The minimum absolute atomic E-state index is 0.0389. The van der Waals surface area contributed by atoms with Crippen molar-refractivity contribution in [3.05, 3.63) is 0 Å². The summed E-state index contributed by atoms with van der Waals surface area (Å²) in [6.45, 7) is 5.99. The Morgan fingerprint density at radius 3 is 2.67 bits per heavy atom. The molecule has 0 spiro atoms. The molecule has 15 heavy (non-hydrogen) atoms. The molecule has 0 saturated heterocycles. The van der Waals surface area contributed by atoms with Crippen molar-refractivity contribution >= 4 is 5.91 Å². The van der Waals surface area contributed by atoms with E-state index < -0.39 is 0 Å². The van der Waals surface area contributed by atoms with E-state index in [1.54, 1.807) is 7.11 Å². The molecular weight excluding hydrogens is 196 g/mol. The van der Waals surface area contributed by atoms with Crippen molar-refractivity contribution in [2.24, 2.45) is 0 Å². The Balaban J connectivity index is 3.10. The molecule has 5 nitrogen and oxygen atoms in total. The molecule has 90 valence electrons. The molecule has 0 saturated carbocycles. The maximum Gasteiger partial charge on any atom is 0.222 e. The van der Waals surface area contributed by atoms with Gasteiger partial charge in [-0.1, -0.05) is 0 Å². The van der Waals surface area contributed by atoms with Crippen LogP contribution < -0.4 is 10.6 Å². The van der Waals surface area contributed by atoms with E-state index in [9.17, 15) is 4.79 Å². The van der Waals surface area contributed by atoms with E-state index in [0.717, 1.165) is 13.1 Å². The summed E-state index contributed by atoms with van der Waals surface area (Å²) in [5, 5.41) is 5.93. The van der Waals surface area contributed by atoms with Gasteiger partial charge in [0.1, 0.15) is 0 Å². The van der Waals surface area contributed by atoms with Gasteiger partial charge >= 0.3 is 0 Å². The van der Waals surface area contributed by atoms with E-state index in [-0.39, 0.29) is 5.91 Å². The van der Waals surface area contributed by atoms with Gasteiger partial charge in [0, 0.05) is 39.8 Å². The van der Waals surface area contributed by atoms with Crippen molar-refractivity contribution in [1.29, 1.82) is 0 Å². The van der Waals surface area contributed by atoms with Crippen LogP contribution in [-0.2, 0) is 14.3 Å². The summed E-state index contributed by atoms with van der Waals surface area (Å²) in [5.41, 5.74) is 0. The molecule has 1 amide bonds. The molecule has 0 aromatic carbocycles. The summed E-state index contributed by atoms with van der Waals surface area (Å²) in [5.74, 6) is 0.0389. The third kappa shape index (κ3) is 11.3. The predicted octanol–water partition coefficient (Wildman–Crippen LogP) is -0.235. The highest BCUT2D eigenvalue weighted by Crippen LogP contribution is 1.81. The molecule has 2 N–H and O–H groups in total. The molecule has 0 heterocycles. The number of nitrogens with one attached hydrogen (secondary N) is 2. The van der Waals surface area contributed by atoms with Gasteiger partial charge in [0.2, 0.25) is 5.91 Å². The number of methoxy groups -OCH3 is 1. The lowest BCUT2D eigenvalue weighted by molar-refractivity contribution is -0.122. The Bertz CT molecular complexity index is 154. The SMILES string of the molecule is CCOCCC(=O)NCCNCCOC. The molecule has 0 aliphatic carbocycles. The fourth-order valence-electron chi connectivity index (χ4n) is 0.987. The standard InChI is InChI=1S/C10H22N2O3/c1-3-15-8-4-10(13)12-6-5-11-7-9-14-2/h11H,3-9H2,1-2H3,(H,12,13). The van der Waals surface area contributed by atoms with Crippen LogP contribution in [0.5, 0.6) is 0 Å². The van der Waals surface area contributed by atoms with Gasteiger partial charge in [-0.05, 0) is 6.92 Å². The summed E-state index contributed by atoms with van der Waals surface area (Å²) in [6.07, 6.45) is 0.436. The van der Waals surface area contributed by atoms with E-state index in [4.69, 9.17) is 9.47 Å². The highest BCUT2D eigenvalue weighted by atomic mass is 16.5. The fraction of sp³-hybridized carbons (Fsp3) is 0.900. The highest BCUT2D eigenvalue weighted by molar-refractivity contribution is 5.75. The molecule has 0 aromatic heterocycles.